The summed E-state index contributed by atoms with van der Waals surface area (Å²) in [5.74, 6) is 0. The molecular weight excluding hydrogens is 169 g/mol. The second kappa shape index (κ2) is 20.0. The Balaban J connectivity index is 0. The zero-order valence-electron chi connectivity index (χ0n) is 2.44. The Morgan fingerprint density at radius 2 is 1.00 bits per heavy atom. The van der Waals surface area contributed by atoms with E-state index in [0.717, 1.165) is 0 Å². The molecule has 0 aromatic carbocycles. The molecule has 0 aliphatic rings. The first-order valence-corrected chi connectivity index (χ1v) is 0. The Morgan fingerprint density at radius 1 is 1.00 bits per heavy atom. The Morgan fingerprint density at radius 3 is 1.00 bits per heavy atom. The Kier molecular flexibility index (Phi) is 187. The summed E-state index contributed by atoms with van der Waals surface area (Å²) in [5, 5.41) is 0. The average molecular weight is 174 g/mol. The van der Waals surface area contributed by atoms with Crippen LogP contribution >= 0.6 is 9.90 Å². The molecule has 4 heteroatoms. The van der Waals surface area contributed by atoms with E-state index < -0.39 is 0 Å². The third kappa shape index (κ3) is 9.00. The molecule has 0 saturated heterocycles. The number of rotatable bonds is 0. The van der Waals surface area contributed by atoms with Crippen LogP contribution in [-0.2, 0) is 34.1 Å². The summed E-state index contributed by atoms with van der Waals surface area (Å²) >= 11 is 0. The largest absolute Gasteiger partial charge is 0.153 e. The van der Waals surface area contributed by atoms with Gasteiger partial charge in [0.25, 0.3) is 0 Å². The van der Waals surface area contributed by atoms with E-state index in [4.69, 9.17) is 0 Å². The molecule has 0 rings (SSSR count). The van der Waals surface area contributed by atoms with Crippen molar-refractivity contribution < 1.29 is 34.1 Å². The van der Waals surface area contributed by atoms with Crippen molar-refractivity contribution in [2.45, 2.75) is 0 Å². The molecule has 4 heavy (non-hydrogen) atoms. The number of hydrogen-bond donors (Lipinski definition) is 0. The first kappa shape index (κ1) is 37.5. The van der Waals surface area contributed by atoms with Gasteiger partial charge in [-0.2, -0.15) is 9.90 Å². The normalized spacial score (nSPS) is 0. The molecule has 0 N–H and O–H groups in total. The molecule has 2 radical (unpaired) electrons. The molecule has 28 valence electrons. The van der Waals surface area contributed by atoms with Gasteiger partial charge in [0.1, 0.15) is 17.4 Å². The summed E-state index contributed by atoms with van der Waals surface area (Å²) in [7, 11) is 0. The van der Waals surface area contributed by atoms with Gasteiger partial charge in [0, 0.05) is 34.1 Å². The topological polar surface area (TPSA) is 0 Å². The third-order valence-electron chi connectivity index (χ3n) is 0. The van der Waals surface area contributed by atoms with Gasteiger partial charge in [-0.15, -0.1) is 0 Å². The maximum absolute atomic E-state index is 0. The molecule has 0 heterocycles. The van der Waals surface area contributed by atoms with Crippen molar-refractivity contribution in [3.8, 4) is 0 Å². The van der Waals surface area contributed by atoms with Crippen LogP contribution in [0.2, 0.25) is 0 Å². The molecule has 0 aromatic heterocycles. The number of hydrogen-bond acceptors (Lipinski definition) is 0. The van der Waals surface area contributed by atoms with Gasteiger partial charge in [0.15, 0.2) is 0 Å². The van der Waals surface area contributed by atoms with Crippen LogP contribution in [0.1, 0.15) is 0 Å². The minimum Gasteiger partial charge on any atom is -0.153 e. The van der Waals surface area contributed by atoms with Crippen LogP contribution in [0.3, 0.4) is 0 Å². The van der Waals surface area contributed by atoms with Crippen LogP contribution in [0.15, 0.2) is 0 Å². The van der Waals surface area contributed by atoms with E-state index >= 15 is 0 Å². The molecule has 0 spiro atoms. The fourth-order valence-corrected chi connectivity index (χ4v) is 0. The molecule has 0 aromatic rings. The minimum atomic E-state index is 0. The van der Waals surface area contributed by atoms with Crippen LogP contribution < -0.4 is 0 Å². The molecule has 0 saturated carbocycles. The smallest absolute Gasteiger partial charge is 0.146 e. The molecule has 0 aliphatic heterocycles. The summed E-state index contributed by atoms with van der Waals surface area (Å²) in [5.41, 5.74) is 0. The van der Waals surface area contributed by atoms with Crippen molar-refractivity contribution in [2.75, 3.05) is 0 Å². The van der Waals surface area contributed by atoms with Gasteiger partial charge >= 0.3 is 0 Å². The first-order chi connectivity index (χ1) is 0. The van der Waals surface area contributed by atoms with Gasteiger partial charge in [-0.05, 0) is 0 Å². The van der Waals surface area contributed by atoms with Crippen LogP contribution in [0.25, 0.3) is 0 Å². The van der Waals surface area contributed by atoms with Crippen molar-refractivity contribution in [3.63, 3.8) is 0 Å². The van der Waals surface area contributed by atoms with Gasteiger partial charge in [0.05, 0.1) is 0 Å². The monoisotopic (exact) mass is 174 g/mol. The Labute approximate surface area is 61.2 Å². The van der Waals surface area contributed by atoms with E-state index in [-0.39, 0.29) is 61.4 Å². The molecule has 0 bridgehead atoms. The second-order valence-corrected chi connectivity index (χ2v) is 0. The maximum Gasteiger partial charge on any atom is 0.146 e. The van der Waals surface area contributed by atoms with Crippen LogP contribution in [-0.4, -0.2) is 17.4 Å². The van der Waals surface area contributed by atoms with Gasteiger partial charge in [-0.25, -0.2) is 0 Å². The second-order valence-electron chi connectivity index (χ2n) is 0. The Bertz CT molecular complexity index is 8.00. The fraction of sp³-hybridized carbons (Fsp3) is 0. The predicted molar refractivity (Wildman–Crippen MR) is 19.6 cm³/mol. The zero-order chi connectivity index (χ0) is 0. The summed E-state index contributed by atoms with van der Waals surface area (Å²) in [4.78, 5) is 0. The molecule has 0 fully saturated rings. The molecule has 0 aliphatic carbocycles. The van der Waals surface area contributed by atoms with Gasteiger partial charge < -0.3 is 0 Å². The maximum atomic E-state index is 0. The SMILES string of the molecule is P.[AlH2].[Fe].[Mn]. The van der Waals surface area contributed by atoms with Crippen molar-refractivity contribution in [2.24, 2.45) is 0 Å². The van der Waals surface area contributed by atoms with Crippen LogP contribution in [0, 0.1) is 0 Å². The predicted octanol–water partition coefficient (Wildman–Crippen LogP) is -0.863. The first-order valence-electron chi connectivity index (χ1n) is 0. The van der Waals surface area contributed by atoms with Crippen molar-refractivity contribution in [1.29, 1.82) is 0 Å². The quantitative estimate of drug-likeness (QED) is 0.331. The van der Waals surface area contributed by atoms with E-state index in [1.165, 1.54) is 0 Å². The molecular formula is H5AlFeMnP. The van der Waals surface area contributed by atoms with E-state index in [0.29, 0.717) is 0 Å². The van der Waals surface area contributed by atoms with Crippen molar-refractivity contribution in [3.05, 3.63) is 0 Å². The van der Waals surface area contributed by atoms with Gasteiger partial charge in [0.2, 0.25) is 0 Å². The summed E-state index contributed by atoms with van der Waals surface area (Å²) in [6.07, 6.45) is 0. The van der Waals surface area contributed by atoms with E-state index in [1.807, 2.05) is 0 Å². The Hall–Kier alpha value is 2.00. The molecule has 0 nitrogen and oxygen atoms in total. The van der Waals surface area contributed by atoms with Crippen molar-refractivity contribution >= 4 is 27.3 Å². The molecule has 0 amide bonds. The van der Waals surface area contributed by atoms with E-state index in [9.17, 15) is 0 Å². The van der Waals surface area contributed by atoms with E-state index in [2.05, 4.69) is 0 Å². The third-order valence-corrected chi connectivity index (χ3v) is 0. The minimum absolute atomic E-state index is 0. The molecule has 1 atom stereocenters. The summed E-state index contributed by atoms with van der Waals surface area (Å²) in [6.45, 7) is 0. The van der Waals surface area contributed by atoms with Gasteiger partial charge in [-0.1, -0.05) is 0 Å². The zero-order valence-corrected chi connectivity index (χ0v) is 8.14. The fourth-order valence-electron chi connectivity index (χ4n) is 0. The molecule has 1 unspecified atom stereocenters. The van der Waals surface area contributed by atoms with E-state index in [1.54, 1.807) is 0 Å². The average Bonchev–Trinajstić information content (AvgIpc) is 0. The van der Waals surface area contributed by atoms with Crippen molar-refractivity contribution in [1.82, 2.24) is 0 Å². The summed E-state index contributed by atoms with van der Waals surface area (Å²) in [6, 6.07) is 0. The van der Waals surface area contributed by atoms with Crippen LogP contribution in [0.5, 0.6) is 0 Å². The van der Waals surface area contributed by atoms with Gasteiger partial charge in [-0.3, -0.25) is 0 Å². The van der Waals surface area contributed by atoms with Crippen LogP contribution in [0.4, 0.5) is 0 Å². The standard InChI is InChI=1S/Al.Fe.Mn.H3P.2H/h;;;1H3;;. The summed E-state index contributed by atoms with van der Waals surface area (Å²) < 4.78 is 0.